The second-order valence-electron chi connectivity index (χ2n) is 9.75. The maximum atomic E-state index is 14.5. The zero-order valence-electron chi connectivity index (χ0n) is 24.9. The molecule has 0 saturated carbocycles. The van der Waals surface area contributed by atoms with Gasteiger partial charge in [-0.05, 0) is 31.2 Å². The Kier molecular flexibility index (Phi) is 11.6. The quantitative estimate of drug-likeness (QED) is 0.183. The first-order chi connectivity index (χ1) is 21.3. The minimum absolute atomic E-state index is 0.0121. The van der Waals surface area contributed by atoms with Crippen LogP contribution >= 0.6 is 23.2 Å². The SMILES string of the molecule is CCOC(=O)CC1OC(c2cccc(OC)c2Cl)c2cc(Cl)cc(OCCCO)c2N(Cc2ccc(OC)cc2OC)C1=O. The van der Waals surface area contributed by atoms with Crippen molar-refractivity contribution in [2.24, 2.45) is 0 Å². The zero-order chi connectivity index (χ0) is 31.8. The number of aliphatic hydroxyl groups is 1. The normalized spacial score (nSPS) is 16.2. The molecule has 236 valence electrons. The first-order valence-electron chi connectivity index (χ1n) is 14.0. The van der Waals surface area contributed by atoms with Crippen LogP contribution < -0.4 is 23.8 Å². The van der Waals surface area contributed by atoms with E-state index in [0.717, 1.165) is 0 Å². The highest BCUT2D eigenvalue weighted by Gasteiger charge is 2.41. The van der Waals surface area contributed by atoms with Crippen molar-refractivity contribution in [1.82, 2.24) is 0 Å². The summed E-state index contributed by atoms with van der Waals surface area (Å²) in [5, 5.41) is 10.00. The molecule has 44 heavy (non-hydrogen) atoms. The molecule has 4 rings (SSSR count). The van der Waals surface area contributed by atoms with E-state index in [1.165, 1.54) is 19.1 Å². The minimum Gasteiger partial charge on any atom is -0.497 e. The van der Waals surface area contributed by atoms with Gasteiger partial charge in [0.25, 0.3) is 5.91 Å². The maximum absolute atomic E-state index is 14.5. The lowest BCUT2D eigenvalue weighted by Crippen LogP contribution is -2.40. The van der Waals surface area contributed by atoms with Gasteiger partial charge >= 0.3 is 5.97 Å². The number of fused-ring (bicyclic) bond motifs is 1. The predicted octanol–water partition coefficient (Wildman–Crippen LogP) is 5.76. The monoisotopic (exact) mass is 647 g/mol. The Balaban J connectivity index is 1.98. The van der Waals surface area contributed by atoms with Gasteiger partial charge in [-0.25, -0.2) is 0 Å². The zero-order valence-corrected chi connectivity index (χ0v) is 26.4. The van der Waals surface area contributed by atoms with Crippen LogP contribution in [0, 0.1) is 0 Å². The maximum Gasteiger partial charge on any atom is 0.308 e. The lowest BCUT2D eigenvalue weighted by atomic mass is 9.98. The molecule has 10 nitrogen and oxygen atoms in total. The summed E-state index contributed by atoms with van der Waals surface area (Å²) in [6.45, 7) is 1.88. The van der Waals surface area contributed by atoms with E-state index < -0.39 is 24.1 Å². The van der Waals surface area contributed by atoms with E-state index in [-0.39, 0.29) is 43.6 Å². The topological polar surface area (TPSA) is 113 Å². The highest BCUT2D eigenvalue weighted by molar-refractivity contribution is 6.33. The number of hydrogen-bond acceptors (Lipinski definition) is 9. The number of rotatable bonds is 13. The Hall–Kier alpha value is -3.70. The molecule has 2 unspecified atom stereocenters. The van der Waals surface area contributed by atoms with Crippen molar-refractivity contribution in [3.8, 4) is 23.0 Å². The third-order valence-corrected chi connectivity index (χ3v) is 7.62. The first-order valence-corrected chi connectivity index (χ1v) is 14.7. The fourth-order valence-corrected chi connectivity index (χ4v) is 5.48. The number of benzene rings is 3. The molecular formula is C32H35Cl2NO9. The van der Waals surface area contributed by atoms with Gasteiger partial charge in [-0.3, -0.25) is 9.59 Å². The van der Waals surface area contributed by atoms with E-state index in [1.54, 1.807) is 62.6 Å². The average Bonchev–Trinajstić information content (AvgIpc) is 3.12. The van der Waals surface area contributed by atoms with E-state index in [9.17, 15) is 14.7 Å². The van der Waals surface area contributed by atoms with Crippen LogP contribution in [0.4, 0.5) is 5.69 Å². The Bertz CT molecular complexity index is 1480. The van der Waals surface area contributed by atoms with Crippen molar-refractivity contribution in [2.45, 2.75) is 38.5 Å². The summed E-state index contributed by atoms with van der Waals surface area (Å²) in [4.78, 5) is 28.7. The van der Waals surface area contributed by atoms with E-state index >= 15 is 0 Å². The van der Waals surface area contributed by atoms with Crippen molar-refractivity contribution in [2.75, 3.05) is 46.0 Å². The summed E-state index contributed by atoms with van der Waals surface area (Å²) < 4.78 is 34.2. The van der Waals surface area contributed by atoms with Gasteiger partial charge in [-0.1, -0.05) is 35.3 Å². The van der Waals surface area contributed by atoms with Gasteiger partial charge in [0.15, 0.2) is 0 Å². The molecule has 0 bridgehead atoms. The summed E-state index contributed by atoms with van der Waals surface area (Å²) in [6, 6.07) is 13.7. The van der Waals surface area contributed by atoms with Gasteiger partial charge in [0.1, 0.15) is 35.2 Å². The summed E-state index contributed by atoms with van der Waals surface area (Å²) in [7, 11) is 4.56. The molecule has 12 heteroatoms. The summed E-state index contributed by atoms with van der Waals surface area (Å²) in [6.07, 6.45) is -2.27. The third-order valence-electron chi connectivity index (χ3n) is 7.00. The Morgan fingerprint density at radius 2 is 1.75 bits per heavy atom. The molecule has 2 atom stereocenters. The van der Waals surface area contributed by atoms with Gasteiger partial charge < -0.3 is 38.4 Å². The van der Waals surface area contributed by atoms with Crippen LogP contribution in [0.25, 0.3) is 0 Å². The number of carbonyl (C=O) groups excluding carboxylic acids is 2. The van der Waals surface area contributed by atoms with Crippen molar-refractivity contribution < 1.29 is 43.1 Å². The van der Waals surface area contributed by atoms with E-state index in [2.05, 4.69) is 0 Å². The Labute approximate surface area is 266 Å². The summed E-state index contributed by atoms with van der Waals surface area (Å²) in [5.41, 5.74) is 1.97. The van der Waals surface area contributed by atoms with Crippen molar-refractivity contribution in [3.05, 3.63) is 75.3 Å². The molecule has 0 aliphatic carbocycles. The second kappa shape index (κ2) is 15.3. The molecule has 0 saturated heterocycles. The molecule has 1 aliphatic rings. The molecule has 0 aromatic heterocycles. The molecule has 3 aromatic carbocycles. The Morgan fingerprint density at radius 1 is 0.977 bits per heavy atom. The average molecular weight is 649 g/mol. The van der Waals surface area contributed by atoms with Crippen molar-refractivity contribution in [3.63, 3.8) is 0 Å². The van der Waals surface area contributed by atoms with E-state index in [4.69, 9.17) is 51.6 Å². The fourth-order valence-electron chi connectivity index (χ4n) is 4.96. The molecule has 0 spiro atoms. The number of carbonyl (C=O) groups is 2. The van der Waals surface area contributed by atoms with Gasteiger partial charge in [-0.2, -0.15) is 0 Å². The number of nitrogens with zero attached hydrogens (tertiary/aromatic N) is 1. The highest BCUT2D eigenvalue weighted by Crippen LogP contribution is 2.48. The van der Waals surface area contributed by atoms with Gasteiger partial charge in [0, 0.05) is 46.9 Å². The third kappa shape index (κ3) is 7.32. The van der Waals surface area contributed by atoms with Gasteiger partial charge in [0.05, 0.1) is 58.2 Å². The number of anilines is 1. The predicted molar refractivity (Wildman–Crippen MR) is 165 cm³/mol. The van der Waals surface area contributed by atoms with E-state index in [0.29, 0.717) is 51.1 Å². The molecule has 0 radical (unpaired) electrons. The van der Waals surface area contributed by atoms with Crippen LogP contribution in [0.5, 0.6) is 23.0 Å². The standard InChI is InChI=1S/C32H35Cl2NO9/c1-5-42-28(37)17-27-32(38)35(18-19-10-11-21(39-2)16-25(19)41-4)30-23(14-20(33)15-26(30)43-13-7-12-36)31(44-27)22-8-6-9-24(40-3)29(22)34/h6,8-11,14-16,27,31,36H,5,7,12-13,17-18H2,1-4H3. The first kappa shape index (κ1) is 33.2. The molecule has 3 aromatic rings. The molecule has 1 N–H and O–H groups in total. The van der Waals surface area contributed by atoms with Gasteiger partial charge in [-0.15, -0.1) is 0 Å². The minimum atomic E-state index is -1.28. The molecular weight excluding hydrogens is 613 g/mol. The summed E-state index contributed by atoms with van der Waals surface area (Å²) in [5.74, 6) is 0.609. The lowest BCUT2D eigenvalue weighted by molar-refractivity contribution is -0.151. The smallest absolute Gasteiger partial charge is 0.308 e. The van der Waals surface area contributed by atoms with Crippen LogP contribution in [0.3, 0.4) is 0 Å². The molecule has 1 amide bonds. The van der Waals surface area contributed by atoms with Crippen LogP contribution in [0.2, 0.25) is 10.0 Å². The Morgan fingerprint density at radius 3 is 2.43 bits per heavy atom. The lowest BCUT2D eigenvalue weighted by Gasteiger charge is -2.28. The fraction of sp³-hybridized carbons (Fsp3) is 0.375. The molecule has 1 aliphatic heterocycles. The summed E-state index contributed by atoms with van der Waals surface area (Å²) >= 11 is 13.4. The van der Waals surface area contributed by atoms with Gasteiger partial charge in [0.2, 0.25) is 0 Å². The number of hydrogen-bond donors (Lipinski definition) is 1. The number of esters is 1. The number of ether oxygens (including phenoxy) is 6. The van der Waals surface area contributed by atoms with Crippen LogP contribution in [-0.4, -0.2) is 64.2 Å². The van der Waals surface area contributed by atoms with Crippen LogP contribution in [0.1, 0.15) is 42.6 Å². The second-order valence-corrected chi connectivity index (χ2v) is 10.6. The number of amides is 1. The largest absolute Gasteiger partial charge is 0.497 e. The van der Waals surface area contributed by atoms with Crippen LogP contribution in [-0.2, 0) is 25.6 Å². The van der Waals surface area contributed by atoms with E-state index in [1.807, 2.05) is 0 Å². The highest BCUT2D eigenvalue weighted by atomic mass is 35.5. The number of methoxy groups -OCH3 is 3. The van der Waals surface area contributed by atoms with Crippen LogP contribution in [0.15, 0.2) is 48.5 Å². The molecule has 1 heterocycles. The molecule has 0 fully saturated rings. The number of halogens is 2. The number of aliphatic hydroxyl groups excluding tert-OH is 1. The van der Waals surface area contributed by atoms with Crippen molar-refractivity contribution in [1.29, 1.82) is 0 Å². The van der Waals surface area contributed by atoms with Crippen molar-refractivity contribution >= 4 is 40.8 Å².